The first-order valence-electron chi connectivity index (χ1n) is 12.2. The Morgan fingerprint density at radius 3 is 2.25 bits per heavy atom. The van der Waals surface area contributed by atoms with Crippen molar-refractivity contribution in [1.29, 1.82) is 0 Å². The normalized spacial score (nSPS) is 14.9. The van der Waals surface area contributed by atoms with Crippen LogP contribution in [0, 0.1) is 0 Å². The van der Waals surface area contributed by atoms with E-state index in [1.54, 1.807) is 18.2 Å². The number of methoxy groups -OCH3 is 1. The van der Waals surface area contributed by atoms with Crippen molar-refractivity contribution in [3.05, 3.63) is 69.8 Å². The molecule has 7 heteroatoms. The fraction of sp³-hybridized carbons (Fsp3) is 0.414. The third-order valence-corrected chi connectivity index (χ3v) is 6.29. The molecule has 0 radical (unpaired) electrons. The lowest BCUT2D eigenvalue weighted by atomic mass is 9.97. The molecule has 0 spiro atoms. The minimum Gasteiger partial charge on any atom is -0.507 e. The predicted octanol–water partition coefficient (Wildman–Crippen LogP) is 7.98. The summed E-state index contributed by atoms with van der Waals surface area (Å²) in [5.41, 5.74) is 1.69. The third-order valence-electron chi connectivity index (χ3n) is 6.29. The van der Waals surface area contributed by atoms with Gasteiger partial charge in [-0.3, -0.25) is 0 Å². The number of ether oxygens (including phenoxy) is 2. The molecule has 1 aliphatic rings. The van der Waals surface area contributed by atoms with Crippen LogP contribution in [0.5, 0.6) is 11.5 Å². The number of rotatable bonds is 7. The Bertz CT molecular complexity index is 1100. The Morgan fingerprint density at radius 1 is 1.06 bits per heavy atom. The van der Waals surface area contributed by atoms with E-state index in [2.05, 4.69) is 0 Å². The maximum Gasteiger partial charge on any atom is 0.416 e. The van der Waals surface area contributed by atoms with Gasteiger partial charge in [-0.25, -0.2) is 4.79 Å². The van der Waals surface area contributed by atoms with Gasteiger partial charge in [0.15, 0.2) is 0 Å². The molecule has 2 aromatic rings. The first-order valence-corrected chi connectivity index (χ1v) is 12.2. The molecule has 1 saturated carbocycles. The lowest BCUT2D eigenvalue weighted by Gasteiger charge is -2.22. The van der Waals surface area contributed by atoms with Gasteiger partial charge in [-0.1, -0.05) is 48.8 Å². The topological polar surface area (TPSA) is 55.8 Å². The van der Waals surface area contributed by atoms with Crippen LogP contribution in [-0.4, -0.2) is 24.3 Å². The number of hydrogen-bond acceptors (Lipinski definition) is 4. The van der Waals surface area contributed by atoms with Gasteiger partial charge in [0, 0.05) is 5.56 Å². The number of phenols is 1. The predicted molar refractivity (Wildman–Crippen MR) is 135 cm³/mol. The SMILES string of the molecule is COC(=O)c1c(C=Cc2ccc(C(F)(F)F)cc2)cc(OC2CCCCCC2)c(CC=C(C)C)c1O. The molecule has 0 atom stereocenters. The zero-order chi connectivity index (χ0) is 26.3. The van der Waals surface area contributed by atoms with Gasteiger partial charge in [0.05, 0.1) is 18.8 Å². The maximum atomic E-state index is 12.9. The van der Waals surface area contributed by atoms with Crippen LogP contribution in [0.2, 0.25) is 0 Å². The fourth-order valence-electron chi connectivity index (χ4n) is 4.27. The number of alkyl halides is 3. The summed E-state index contributed by atoms with van der Waals surface area (Å²) in [6.07, 6.45) is 7.39. The number of aromatic hydroxyl groups is 1. The van der Waals surface area contributed by atoms with Gasteiger partial charge >= 0.3 is 12.1 Å². The molecular weight excluding hydrogens is 469 g/mol. The molecule has 0 bridgehead atoms. The summed E-state index contributed by atoms with van der Waals surface area (Å²) in [5.74, 6) is -0.423. The summed E-state index contributed by atoms with van der Waals surface area (Å²) >= 11 is 0. The van der Waals surface area contributed by atoms with E-state index in [1.165, 1.54) is 19.2 Å². The summed E-state index contributed by atoms with van der Waals surface area (Å²) < 4.78 is 50.0. The van der Waals surface area contributed by atoms with Crippen molar-refractivity contribution in [2.24, 2.45) is 0 Å². The zero-order valence-corrected chi connectivity index (χ0v) is 21.0. The van der Waals surface area contributed by atoms with E-state index in [9.17, 15) is 23.1 Å². The number of benzene rings is 2. The average Bonchev–Trinajstić information content (AvgIpc) is 3.10. The third kappa shape index (κ3) is 7.15. The molecular formula is C29H33F3O4. The number of carbonyl (C=O) groups is 1. The zero-order valence-electron chi connectivity index (χ0n) is 21.0. The van der Waals surface area contributed by atoms with E-state index in [4.69, 9.17) is 9.47 Å². The van der Waals surface area contributed by atoms with Crippen molar-refractivity contribution in [3.8, 4) is 11.5 Å². The standard InChI is InChI=1S/C29H33F3O4/c1-19(2)10-17-24-25(36-23-8-6-4-5-7-9-23)18-21(26(27(24)33)28(34)35-3)14-11-20-12-15-22(16-13-20)29(30,31)32/h10-16,18,23,33H,4-9,17H2,1-3H3. The van der Waals surface area contributed by atoms with Gasteiger partial charge in [-0.2, -0.15) is 13.2 Å². The second-order valence-corrected chi connectivity index (χ2v) is 9.33. The maximum absolute atomic E-state index is 12.9. The van der Waals surface area contributed by atoms with Crippen LogP contribution in [0.4, 0.5) is 13.2 Å². The fourth-order valence-corrected chi connectivity index (χ4v) is 4.27. The van der Waals surface area contributed by atoms with Crippen LogP contribution >= 0.6 is 0 Å². The van der Waals surface area contributed by atoms with Crippen LogP contribution in [-0.2, 0) is 17.3 Å². The highest BCUT2D eigenvalue weighted by molar-refractivity contribution is 5.98. The summed E-state index contributed by atoms with van der Waals surface area (Å²) in [6.45, 7) is 3.90. The van der Waals surface area contributed by atoms with Crippen LogP contribution in [0.25, 0.3) is 12.2 Å². The molecule has 194 valence electrons. The second kappa shape index (κ2) is 12.2. The summed E-state index contributed by atoms with van der Waals surface area (Å²) in [7, 11) is 1.23. The first kappa shape index (κ1) is 27.4. The lowest BCUT2D eigenvalue weighted by molar-refractivity contribution is -0.137. The van der Waals surface area contributed by atoms with E-state index >= 15 is 0 Å². The van der Waals surface area contributed by atoms with E-state index < -0.39 is 17.7 Å². The highest BCUT2D eigenvalue weighted by Crippen LogP contribution is 2.38. The molecule has 0 heterocycles. The highest BCUT2D eigenvalue weighted by atomic mass is 19.4. The van der Waals surface area contributed by atoms with Crippen LogP contribution in [0.1, 0.15) is 85.0 Å². The van der Waals surface area contributed by atoms with Crippen molar-refractivity contribution in [2.75, 3.05) is 7.11 Å². The number of halogens is 3. The first-order chi connectivity index (χ1) is 17.1. The van der Waals surface area contributed by atoms with Gasteiger partial charge in [0.2, 0.25) is 0 Å². The van der Waals surface area contributed by atoms with Gasteiger partial charge in [-0.05, 0) is 75.3 Å². The largest absolute Gasteiger partial charge is 0.507 e. The summed E-state index contributed by atoms with van der Waals surface area (Å²) in [4.78, 5) is 12.7. The van der Waals surface area contributed by atoms with Gasteiger partial charge in [0.25, 0.3) is 0 Å². The Kier molecular flexibility index (Phi) is 9.24. The van der Waals surface area contributed by atoms with E-state index in [0.717, 1.165) is 56.2 Å². The van der Waals surface area contributed by atoms with Crippen molar-refractivity contribution in [3.63, 3.8) is 0 Å². The van der Waals surface area contributed by atoms with Crippen molar-refractivity contribution in [2.45, 2.75) is 71.1 Å². The number of carbonyl (C=O) groups excluding carboxylic acids is 1. The van der Waals surface area contributed by atoms with Crippen LogP contribution < -0.4 is 4.74 Å². The highest BCUT2D eigenvalue weighted by Gasteiger charge is 2.30. The average molecular weight is 503 g/mol. The summed E-state index contributed by atoms with van der Waals surface area (Å²) in [5, 5.41) is 11.2. The van der Waals surface area contributed by atoms with Crippen LogP contribution in [0.3, 0.4) is 0 Å². The molecule has 0 unspecified atom stereocenters. The Labute approximate surface area is 210 Å². The molecule has 4 nitrogen and oxygen atoms in total. The van der Waals surface area contributed by atoms with E-state index in [0.29, 0.717) is 28.9 Å². The number of esters is 1. The number of phenolic OH excluding ortho intramolecular Hbond substituents is 1. The molecule has 1 aliphatic carbocycles. The number of hydrogen-bond donors (Lipinski definition) is 1. The minimum atomic E-state index is -4.42. The minimum absolute atomic E-state index is 0.00747. The van der Waals surface area contributed by atoms with Crippen molar-refractivity contribution < 1.29 is 32.5 Å². The summed E-state index contributed by atoms with van der Waals surface area (Å²) in [6, 6.07) is 6.42. The van der Waals surface area contributed by atoms with E-state index in [-0.39, 0.29) is 17.4 Å². The molecule has 3 rings (SSSR count). The Hall–Kier alpha value is -3.22. The molecule has 0 aromatic heterocycles. The van der Waals surface area contributed by atoms with Gasteiger partial charge in [-0.15, -0.1) is 0 Å². The van der Waals surface area contributed by atoms with Crippen LogP contribution in [0.15, 0.2) is 42.0 Å². The molecule has 0 aliphatic heterocycles. The lowest BCUT2D eigenvalue weighted by Crippen LogP contribution is -2.17. The molecule has 36 heavy (non-hydrogen) atoms. The molecule has 1 fully saturated rings. The quantitative estimate of drug-likeness (QED) is 0.180. The molecule has 0 amide bonds. The van der Waals surface area contributed by atoms with E-state index in [1.807, 2.05) is 19.9 Å². The molecule has 2 aromatic carbocycles. The Morgan fingerprint density at radius 2 is 1.69 bits per heavy atom. The number of allylic oxidation sites excluding steroid dienone is 2. The molecule has 1 N–H and O–H groups in total. The smallest absolute Gasteiger partial charge is 0.416 e. The van der Waals surface area contributed by atoms with Crippen molar-refractivity contribution in [1.82, 2.24) is 0 Å². The van der Waals surface area contributed by atoms with Gasteiger partial charge in [0.1, 0.15) is 17.1 Å². The second-order valence-electron chi connectivity index (χ2n) is 9.33. The van der Waals surface area contributed by atoms with Gasteiger partial charge < -0.3 is 14.6 Å². The molecule has 0 saturated heterocycles. The Balaban J connectivity index is 2.06. The van der Waals surface area contributed by atoms with Crippen molar-refractivity contribution >= 4 is 18.1 Å². The monoisotopic (exact) mass is 502 g/mol.